The number of pyridine rings is 1. The van der Waals surface area contributed by atoms with E-state index in [1.165, 1.54) is 4.68 Å². The molecule has 0 fully saturated rings. The number of ether oxygens (including phenoxy) is 1. The first-order valence-electron chi connectivity index (χ1n) is 10.3. The largest absolute Gasteiger partial charge is 0.468 e. The Balaban J connectivity index is 1.60. The maximum absolute atomic E-state index is 12.8. The minimum absolute atomic E-state index is 0.0827. The number of furan rings is 1. The molecule has 1 N–H and O–H groups in total. The quantitative estimate of drug-likeness (QED) is 0.397. The molecule has 0 aliphatic heterocycles. The number of hydrogen-bond acceptors (Lipinski definition) is 8. The van der Waals surface area contributed by atoms with Crippen LogP contribution < -0.4 is 5.56 Å². The third-order valence-electron chi connectivity index (χ3n) is 4.99. The average Bonchev–Trinajstić information content (AvgIpc) is 3.41. The van der Waals surface area contributed by atoms with Gasteiger partial charge in [-0.2, -0.15) is 0 Å². The zero-order valence-electron chi connectivity index (χ0n) is 17.9. The van der Waals surface area contributed by atoms with Gasteiger partial charge in [-0.3, -0.25) is 14.5 Å². The molecule has 0 amide bonds. The van der Waals surface area contributed by atoms with Crippen molar-refractivity contribution in [2.45, 2.75) is 40.0 Å². The van der Waals surface area contributed by atoms with E-state index in [1.807, 2.05) is 48.2 Å². The van der Waals surface area contributed by atoms with Crippen molar-refractivity contribution in [1.29, 1.82) is 0 Å². The van der Waals surface area contributed by atoms with E-state index in [2.05, 4.69) is 20.5 Å². The standard InChI is InChI=1S/C22H24N6O4/c1-3-31-21(29)14-28-20(24-25-26-28)13-27(12-18-5-4-8-32-18)11-17-10-16-7-6-15(2)9-19(16)23-22(17)30/h4-10H,3,11-14H2,1-2H3,(H,23,30). The summed E-state index contributed by atoms with van der Waals surface area (Å²) < 4.78 is 11.9. The lowest BCUT2D eigenvalue weighted by Gasteiger charge is -2.20. The van der Waals surface area contributed by atoms with E-state index in [-0.39, 0.29) is 18.7 Å². The van der Waals surface area contributed by atoms with Crippen LogP contribution in [0.3, 0.4) is 0 Å². The summed E-state index contributed by atoms with van der Waals surface area (Å²) in [6, 6.07) is 11.5. The van der Waals surface area contributed by atoms with Gasteiger partial charge >= 0.3 is 5.97 Å². The minimum atomic E-state index is -0.417. The van der Waals surface area contributed by atoms with Crippen LogP contribution in [0.5, 0.6) is 0 Å². The van der Waals surface area contributed by atoms with Gasteiger partial charge in [0.2, 0.25) is 0 Å². The van der Waals surface area contributed by atoms with Crippen molar-refractivity contribution < 1.29 is 13.9 Å². The number of nitrogens with zero attached hydrogens (tertiary/aromatic N) is 5. The molecule has 0 bridgehead atoms. The topological polar surface area (TPSA) is 119 Å². The molecule has 166 valence electrons. The summed E-state index contributed by atoms with van der Waals surface area (Å²) in [7, 11) is 0. The van der Waals surface area contributed by atoms with Gasteiger partial charge < -0.3 is 14.1 Å². The molecule has 3 aromatic heterocycles. The second kappa shape index (κ2) is 9.56. The molecular formula is C22H24N6O4. The van der Waals surface area contributed by atoms with E-state index in [4.69, 9.17) is 9.15 Å². The number of tetrazole rings is 1. The first-order chi connectivity index (χ1) is 15.5. The highest BCUT2D eigenvalue weighted by Gasteiger charge is 2.18. The number of hydrogen-bond donors (Lipinski definition) is 1. The van der Waals surface area contributed by atoms with E-state index in [0.717, 1.165) is 22.2 Å². The molecule has 0 aliphatic rings. The Bertz CT molecular complexity index is 1260. The second-order valence-electron chi connectivity index (χ2n) is 7.50. The molecule has 0 spiro atoms. The molecule has 0 radical (unpaired) electrons. The maximum Gasteiger partial charge on any atom is 0.327 e. The third-order valence-corrected chi connectivity index (χ3v) is 4.99. The van der Waals surface area contributed by atoms with Gasteiger partial charge in [-0.1, -0.05) is 12.1 Å². The van der Waals surface area contributed by atoms with Crippen LogP contribution in [0.25, 0.3) is 10.9 Å². The van der Waals surface area contributed by atoms with E-state index >= 15 is 0 Å². The van der Waals surface area contributed by atoms with Gasteiger partial charge in [-0.05, 0) is 59.5 Å². The van der Waals surface area contributed by atoms with Crippen LogP contribution in [0.2, 0.25) is 0 Å². The van der Waals surface area contributed by atoms with Crippen molar-refractivity contribution in [3.05, 3.63) is 75.7 Å². The third kappa shape index (κ3) is 5.09. The fraction of sp³-hybridized carbons (Fsp3) is 0.318. The first kappa shape index (κ1) is 21.4. The van der Waals surface area contributed by atoms with Gasteiger partial charge in [0.1, 0.15) is 12.3 Å². The molecular weight excluding hydrogens is 412 g/mol. The Labute approximate surface area is 183 Å². The lowest BCUT2D eigenvalue weighted by Crippen LogP contribution is -2.28. The van der Waals surface area contributed by atoms with E-state index < -0.39 is 5.97 Å². The minimum Gasteiger partial charge on any atom is -0.468 e. The Kier molecular flexibility index (Phi) is 6.41. The van der Waals surface area contributed by atoms with Crippen LogP contribution in [0.4, 0.5) is 0 Å². The molecule has 4 aromatic rings. The monoisotopic (exact) mass is 436 g/mol. The number of esters is 1. The van der Waals surface area contributed by atoms with Crippen LogP contribution >= 0.6 is 0 Å². The lowest BCUT2D eigenvalue weighted by molar-refractivity contribution is -0.144. The van der Waals surface area contributed by atoms with Gasteiger partial charge in [0, 0.05) is 17.6 Å². The Morgan fingerprint density at radius 1 is 1.22 bits per heavy atom. The fourth-order valence-electron chi connectivity index (χ4n) is 3.50. The summed E-state index contributed by atoms with van der Waals surface area (Å²) in [6.07, 6.45) is 1.60. The van der Waals surface area contributed by atoms with E-state index in [0.29, 0.717) is 31.0 Å². The molecule has 10 nitrogen and oxygen atoms in total. The molecule has 10 heteroatoms. The number of aryl methyl sites for hydroxylation is 1. The van der Waals surface area contributed by atoms with E-state index in [9.17, 15) is 9.59 Å². The summed E-state index contributed by atoms with van der Waals surface area (Å²) in [5.41, 5.74) is 2.33. The lowest BCUT2D eigenvalue weighted by atomic mass is 10.1. The predicted molar refractivity (Wildman–Crippen MR) is 115 cm³/mol. The van der Waals surface area contributed by atoms with Crippen molar-refractivity contribution >= 4 is 16.9 Å². The molecule has 4 rings (SSSR count). The van der Waals surface area contributed by atoms with Gasteiger partial charge in [-0.25, -0.2) is 4.68 Å². The smallest absolute Gasteiger partial charge is 0.327 e. The highest BCUT2D eigenvalue weighted by molar-refractivity contribution is 5.79. The van der Waals surface area contributed by atoms with Crippen LogP contribution in [0, 0.1) is 6.92 Å². The summed E-state index contributed by atoms with van der Waals surface area (Å²) >= 11 is 0. The van der Waals surface area contributed by atoms with Gasteiger partial charge in [0.25, 0.3) is 5.56 Å². The summed E-state index contributed by atoms with van der Waals surface area (Å²) in [4.78, 5) is 29.6. The molecule has 0 unspecified atom stereocenters. The molecule has 3 heterocycles. The molecule has 0 saturated carbocycles. The number of rotatable bonds is 9. The van der Waals surface area contributed by atoms with Crippen LogP contribution in [-0.2, 0) is 35.7 Å². The zero-order valence-corrected chi connectivity index (χ0v) is 17.9. The predicted octanol–water partition coefficient (Wildman–Crippen LogP) is 2.18. The molecule has 0 aliphatic carbocycles. The Morgan fingerprint density at radius 3 is 2.88 bits per heavy atom. The van der Waals surface area contributed by atoms with Crippen molar-refractivity contribution in [2.24, 2.45) is 0 Å². The van der Waals surface area contributed by atoms with Crippen LogP contribution in [0.1, 0.15) is 29.6 Å². The SMILES string of the molecule is CCOC(=O)Cn1nnnc1CN(Cc1ccco1)Cc1cc2ccc(C)cc2[nH]c1=O. The number of aromatic amines is 1. The molecule has 0 atom stereocenters. The van der Waals surface area contributed by atoms with Crippen LogP contribution in [0.15, 0.2) is 51.9 Å². The summed E-state index contributed by atoms with van der Waals surface area (Å²) in [6.45, 7) is 5.00. The number of aromatic nitrogens is 5. The summed E-state index contributed by atoms with van der Waals surface area (Å²) in [5, 5.41) is 12.6. The number of carbonyl (C=O) groups excluding carboxylic acids is 1. The molecule has 0 saturated heterocycles. The number of carbonyl (C=O) groups is 1. The average molecular weight is 436 g/mol. The summed E-state index contributed by atoms with van der Waals surface area (Å²) in [5.74, 6) is 0.805. The number of H-pyrrole nitrogens is 1. The van der Waals surface area contributed by atoms with Crippen LogP contribution in [-0.4, -0.2) is 42.7 Å². The van der Waals surface area contributed by atoms with Gasteiger partial charge in [0.15, 0.2) is 5.82 Å². The molecule has 1 aromatic carbocycles. The maximum atomic E-state index is 12.8. The van der Waals surface area contributed by atoms with Gasteiger partial charge in [-0.15, -0.1) is 5.10 Å². The highest BCUT2D eigenvalue weighted by Crippen LogP contribution is 2.16. The number of benzene rings is 1. The second-order valence-corrected chi connectivity index (χ2v) is 7.50. The first-order valence-corrected chi connectivity index (χ1v) is 10.3. The fourth-order valence-corrected chi connectivity index (χ4v) is 3.50. The van der Waals surface area contributed by atoms with Crippen molar-refractivity contribution in [1.82, 2.24) is 30.1 Å². The Morgan fingerprint density at radius 2 is 2.09 bits per heavy atom. The van der Waals surface area contributed by atoms with E-state index in [1.54, 1.807) is 13.2 Å². The molecule has 32 heavy (non-hydrogen) atoms. The van der Waals surface area contributed by atoms with Crippen molar-refractivity contribution in [3.63, 3.8) is 0 Å². The van der Waals surface area contributed by atoms with Crippen molar-refractivity contribution in [2.75, 3.05) is 6.61 Å². The normalized spacial score (nSPS) is 11.3. The highest BCUT2D eigenvalue weighted by atomic mass is 16.5. The van der Waals surface area contributed by atoms with Crippen molar-refractivity contribution in [3.8, 4) is 0 Å². The number of nitrogens with one attached hydrogen (secondary N) is 1. The zero-order chi connectivity index (χ0) is 22.5. The Hall–Kier alpha value is -3.79. The number of fused-ring (bicyclic) bond motifs is 1. The van der Waals surface area contributed by atoms with Gasteiger partial charge in [0.05, 0.1) is 26.0 Å².